The standard InChI is InChI=1S/C38H37FN10O7/c1-20-14-21(6-8-40-20)36-42-27(19-55-36)34(52)41-26-15-29-32(44-33(26)48-9-7-23(50)17-48)45-38(56-29)47-12-10-46(11-13-47)16-22-2-3-24-25(31(22)39)18-49(37(24)54)28-4-5-30(51)43-35(28)53/h2-3,6,8,14-15,19,23,28,50H,4-5,7,9-13,16-18H2,1H3,(H,41,52)(H,43,51,53)/t23-,28?/m1/s1. The van der Waals surface area contributed by atoms with Gasteiger partial charge in [-0.15, -0.1) is 0 Å². The lowest BCUT2D eigenvalue weighted by Gasteiger charge is -2.33. The van der Waals surface area contributed by atoms with Crippen molar-refractivity contribution >= 4 is 52.4 Å². The minimum absolute atomic E-state index is 0.0294. The number of aryl methyl sites for hydroxylation is 1. The van der Waals surface area contributed by atoms with Gasteiger partial charge in [-0.2, -0.15) is 4.98 Å². The molecule has 3 fully saturated rings. The van der Waals surface area contributed by atoms with E-state index in [9.17, 15) is 24.3 Å². The Labute approximate surface area is 318 Å². The quantitative estimate of drug-likeness (QED) is 0.195. The summed E-state index contributed by atoms with van der Waals surface area (Å²) >= 11 is 0. The van der Waals surface area contributed by atoms with E-state index in [1.165, 1.54) is 11.2 Å². The summed E-state index contributed by atoms with van der Waals surface area (Å²) in [6.45, 7) is 5.20. The van der Waals surface area contributed by atoms with Crippen molar-refractivity contribution in [2.24, 2.45) is 0 Å². The van der Waals surface area contributed by atoms with Gasteiger partial charge in [0.2, 0.25) is 23.4 Å². The molecule has 4 aliphatic rings. The summed E-state index contributed by atoms with van der Waals surface area (Å²) in [5.74, 6) is -1.58. The van der Waals surface area contributed by atoms with Gasteiger partial charge in [0.25, 0.3) is 17.8 Å². The number of piperidine rings is 1. The molecule has 3 N–H and O–H groups in total. The van der Waals surface area contributed by atoms with Crippen molar-refractivity contribution in [1.29, 1.82) is 0 Å². The molecule has 9 rings (SSSR count). The zero-order chi connectivity index (χ0) is 38.7. The molecule has 5 aromatic rings. The van der Waals surface area contributed by atoms with E-state index in [-0.39, 0.29) is 48.0 Å². The van der Waals surface area contributed by atoms with Gasteiger partial charge >= 0.3 is 0 Å². The number of carbonyl (C=O) groups excluding carboxylic acids is 4. The molecule has 0 bridgehead atoms. The number of anilines is 3. The highest BCUT2D eigenvalue weighted by atomic mass is 19.1. The molecule has 17 nitrogen and oxygen atoms in total. The van der Waals surface area contributed by atoms with E-state index in [1.807, 2.05) is 22.8 Å². The molecule has 0 aliphatic carbocycles. The second kappa shape index (κ2) is 14.1. The number of aromatic nitrogens is 4. The average Bonchev–Trinajstić information content (AvgIpc) is 4.00. The van der Waals surface area contributed by atoms with Gasteiger partial charge in [0.15, 0.2) is 17.1 Å². The third kappa shape index (κ3) is 6.59. The first kappa shape index (κ1) is 35.4. The van der Waals surface area contributed by atoms with Crippen molar-refractivity contribution in [1.82, 2.24) is 35.1 Å². The summed E-state index contributed by atoms with van der Waals surface area (Å²) in [5, 5.41) is 15.5. The van der Waals surface area contributed by atoms with Gasteiger partial charge in [-0.1, -0.05) is 6.07 Å². The summed E-state index contributed by atoms with van der Waals surface area (Å²) in [4.78, 5) is 75.9. The summed E-state index contributed by atoms with van der Waals surface area (Å²) < 4.78 is 27.6. The predicted octanol–water partition coefficient (Wildman–Crippen LogP) is 2.63. The lowest BCUT2D eigenvalue weighted by atomic mass is 10.0. The molecule has 4 amide bonds. The van der Waals surface area contributed by atoms with Crippen molar-refractivity contribution in [3.63, 3.8) is 0 Å². The van der Waals surface area contributed by atoms with Crippen LogP contribution in [0.5, 0.6) is 0 Å². The van der Waals surface area contributed by atoms with Gasteiger partial charge in [-0.3, -0.25) is 34.4 Å². The molecule has 1 aromatic carbocycles. The summed E-state index contributed by atoms with van der Waals surface area (Å²) in [5.41, 5.74) is 3.56. The van der Waals surface area contributed by atoms with Crippen molar-refractivity contribution in [3.05, 3.63) is 76.7 Å². The highest BCUT2D eigenvalue weighted by Crippen LogP contribution is 2.34. The fourth-order valence-corrected chi connectivity index (χ4v) is 7.73. The first-order valence-corrected chi connectivity index (χ1v) is 18.4. The number of fused-ring (bicyclic) bond motifs is 2. The number of aliphatic hydroxyl groups excluding tert-OH is 1. The number of hydrogen-bond acceptors (Lipinski definition) is 14. The van der Waals surface area contributed by atoms with E-state index in [0.29, 0.717) is 92.1 Å². The zero-order valence-electron chi connectivity index (χ0n) is 30.3. The Balaban J connectivity index is 0.885. The number of oxazole rings is 2. The number of nitrogens with one attached hydrogen (secondary N) is 2. The maximum absolute atomic E-state index is 15.9. The average molecular weight is 765 g/mol. The second-order valence-corrected chi connectivity index (χ2v) is 14.5. The van der Waals surface area contributed by atoms with Crippen LogP contribution in [0.15, 0.2) is 51.6 Å². The first-order valence-electron chi connectivity index (χ1n) is 18.4. The Morgan fingerprint density at radius 2 is 1.88 bits per heavy atom. The van der Waals surface area contributed by atoms with Crippen molar-refractivity contribution in [2.45, 2.75) is 51.4 Å². The molecule has 0 saturated carbocycles. The molecular formula is C38H37FN10O7. The van der Waals surface area contributed by atoms with Crippen LogP contribution in [0.3, 0.4) is 0 Å². The number of β-amino-alcohol motifs (C(OH)–C–C–N with tert-alkyl or cyclic N) is 1. The molecule has 3 saturated heterocycles. The number of aliphatic hydroxyl groups is 1. The highest BCUT2D eigenvalue weighted by Gasteiger charge is 2.40. The van der Waals surface area contributed by atoms with E-state index in [1.54, 1.807) is 30.5 Å². The van der Waals surface area contributed by atoms with E-state index in [2.05, 4.69) is 30.5 Å². The number of hydrogen-bond donors (Lipinski definition) is 3. The Bertz CT molecular complexity index is 2410. The maximum Gasteiger partial charge on any atom is 0.300 e. The van der Waals surface area contributed by atoms with Gasteiger partial charge in [0, 0.05) is 92.4 Å². The van der Waals surface area contributed by atoms with Crippen LogP contribution in [0.2, 0.25) is 0 Å². The van der Waals surface area contributed by atoms with E-state index in [4.69, 9.17) is 13.8 Å². The molecule has 56 heavy (non-hydrogen) atoms. The van der Waals surface area contributed by atoms with Crippen LogP contribution >= 0.6 is 0 Å². The van der Waals surface area contributed by atoms with E-state index >= 15 is 4.39 Å². The normalized spacial score (nSPS) is 20.3. The van der Waals surface area contributed by atoms with Crippen LogP contribution in [0, 0.1) is 12.7 Å². The monoisotopic (exact) mass is 764 g/mol. The molecule has 2 atom stereocenters. The SMILES string of the molecule is Cc1cc(-c2nc(C(=O)Nc3cc4oc(N5CCN(Cc6ccc7c(c6F)CN(C6CCC(=O)NC6=O)C7=O)CC5)nc4nc3N3CC[C@@H](O)C3)co2)ccn1. The van der Waals surface area contributed by atoms with Gasteiger partial charge in [0.05, 0.1) is 18.3 Å². The van der Waals surface area contributed by atoms with Gasteiger partial charge < -0.3 is 34.0 Å². The third-order valence-electron chi connectivity index (χ3n) is 10.7. The van der Waals surface area contributed by atoms with Crippen LogP contribution in [0.4, 0.5) is 21.9 Å². The molecule has 4 aliphatic heterocycles. The molecule has 4 aromatic heterocycles. The van der Waals surface area contributed by atoms with Gasteiger partial charge in [-0.05, 0) is 38.0 Å². The molecule has 8 heterocycles. The molecule has 0 radical (unpaired) electrons. The number of rotatable bonds is 8. The molecule has 18 heteroatoms. The van der Waals surface area contributed by atoms with Crippen molar-refractivity contribution < 1.29 is 37.5 Å². The molecular weight excluding hydrogens is 727 g/mol. The Hall–Kier alpha value is -6.27. The Morgan fingerprint density at radius 3 is 2.64 bits per heavy atom. The molecule has 0 spiro atoms. The number of nitrogens with zero attached hydrogens (tertiary/aromatic N) is 8. The van der Waals surface area contributed by atoms with Gasteiger partial charge in [0.1, 0.15) is 18.1 Å². The summed E-state index contributed by atoms with van der Waals surface area (Å²) in [6.07, 6.45) is 3.27. The Morgan fingerprint density at radius 1 is 1.04 bits per heavy atom. The number of benzene rings is 1. The number of amides is 4. The van der Waals surface area contributed by atoms with Crippen molar-refractivity contribution in [2.75, 3.05) is 54.4 Å². The van der Waals surface area contributed by atoms with Crippen LogP contribution in [-0.4, -0.2) is 110 Å². The minimum atomic E-state index is -0.813. The maximum atomic E-state index is 15.9. The number of pyridine rings is 2. The molecule has 1 unspecified atom stereocenters. The topological polar surface area (TPSA) is 203 Å². The van der Waals surface area contributed by atoms with Crippen molar-refractivity contribution in [3.8, 4) is 11.5 Å². The third-order valence-corrected chi connectivity index (χ3v) is 10.7. The first-order chi connectivity index (χ1) is 27.1. The van der Waals surface area contributed by atoms with E-state index in [0.717, 1.165) is 5.69 Å². The lowest BCUT2D eigenvalue weighted by Crippen LogP contribution is -2.52. The van der Waals surface area contributed by atoms with Crippen LogP contribution in [0.25, 0.3) is 22.7 Å². The smallest absolute Gasteiger partial charge is 0.300 e. The predicted molar refractivity (Wildman–Crippen MR) is 197 cm³/mol. The number of imide groups is 1. The van der Waals surface area contributed by atoms with Crippen LogP contribution < -0.4 is 20.4 Å². The molecule has 288 valence electrons. The minimum Gasteiger partial charge on any atom is -0.444 e. The zero-order valence-corrected chi connectivity index (χ0v) is 30.3. The number of carbonyl (C=O) groups is 4. The highest BCUT2D eigenvalue weighted by molar-refractivity contribution is 6.06. The largest absolute Gasteiger partial charge is 0.444 e. The number of piperazine rings is 1. The lowest BCUT2D eigenvalue weighted by molar-refractivity contribution is -0.136. The second-order valence-electron chi connectivity index (χ2n) is 14.5. The summed E-state index contributed by atoms with van der Waals surface area (Å²) in [6, 6.07) is 8.00. The fourth-order valence-electron chi connectivity index (χ4n) is 7.73. The van der Waals surface area contributed by atoms with Crippen LogP contribution in [-0.2, 0) is 22.7 Å². The Kier molecular flexibility index (Phi) is 8.92. The fraction of sp³-hybridized carbons (Fsp3) is 0.368. The summed E-state index contributed by atoms with van der Waals surface area (Å²) in [7, 11) is 0. The van der Waals surface area contributed by atoms with Gasteiger partial charge in [-0.25, -0.2) is 14.4 Å². The number of halogens is 1. The van der Waals surface area contributed by atoms with Crippen LogP contribution in [0.1, 0.15) is 56.9 Å². The van der Waals surface area contributed by atoms with E-state index < -0.39 is 35.7 Å².